The number of carboxylic acid groups (broad SMARTS) is 2. The van der Waals surface area contributed by atoms with Crippen molar-refractivity contribution in [2.45, 2.75) is 51.0 Å². The zero-order valence-electron chi connectivity index (χ0n) is 18.0. The Morgan fingerprint density at radius 1 is 1.06 bits per heavy atom. The van der Waals surface area contributed by atoms with Crippen LogP contribution in [0.3, 0.4) is 0 Å². The van der Waals surface area contributed by atoms with Gasteiger partial charge in [-0.05, 0) is 37.2 Å². The van der Waals surface area contributed by atoms with Gasteiger partial charge >= 0.3 is 24.3 Å². The van der Waals surface area contributed by atoms with Crippen LogP contribution in [0.25, 0.3) is 5.57 Å². The summed E-state index contributed by atoms with van der Waals surface area (Å²) < 4.78 is 63.5. The summed E-state index contributed by atoms with van der Waals surface area (Å²) >= 11 is 0. The van der Waals surface area contributed by atoms with Crippen molar-refractivity contribution in [3.8, 4) is 0 Å². The number of carboxylic acids is 2. The normalized spacial score (nSPS) is 20.4. The van der Waals surface area contributed by atoms with E-state index in [0.29, 0.717) is 5.95 Å². The number of aromatic nitrogens is 2. The topological polar surface area (TPSA) is 156 Å². The molecule has 0 bridgehead atoms. The van der Waals surface area contributed by atoms with Crippen LogP contribution in [0.15, 0.2) is 12.1 Å². The van der Waals surface area contributed by atoms with Gasteiger partial charge in [-0.2, -0.15) is 31.3 Å². The maximum absolute atomic E-state index is 10.6. The van der Waals surface area contributed by atoms with E-state index in [4.69, 9.17) is 31.3 Å². The lowest BCUT2D eigenvalue weighted by atomic mass is 9.89. The molecule has 1 aromatic rings. The largest absolute Gasteiger partial charge is 0.490 e. The molecule has 0 aromatic carbocycles. The highest BCUT2D eigenvalue weighted by Gasteiger charge is 2.38. The molecule has 192 valence electrons. The quantitative estimate of drug-likeness (QED) is 0.447. The summed E-state index contributed by atoms with van der Waals surface area (Å²) in [5, 5.41) is 14.2. The van der Waals surface area contributed by atoms with Crippen molar-refractivity contribution in [2.24, 2.45) is 11.7 Å². The molecule has 2 atom stereocenters. The maximum Gasteiger partial charge on any atom is 0.490 e. The highest BCUT2D eigenvalue weighted by molar-refractivity contribution is 5.73. The molecule has 1 saturated heterocycles. The van der Waals surface area contributed by atoms with E-state index in [1.165, 1.54) is 12.0 Å². The lowest BCUT2D eigenvalue weighted by molar-refractivity contribution is -0.193. The highest BCUT2D eigenvalue weighted by atomic mass is 19.4. The van der Waals surface area contributed by atoms with Crippen molar-refractivity contribution < 1.29 is 46.1 Å². The minimum Gasteiger partial charge on any atom is -0.475 e. The summed E-state index contributed by atoms with van der Waals surface area (Å²) in [7, 11) is 0. The summed E-state index contributed by atoms with van der Waals surface area (Å²) in [4.78, 5) is 28.8. The number of anilines is 2. The molecule has 34 heavy (non-hydrogen) atoms. The second-order valence-electron chi connectivity index (χ2n) is 7.68. The third-order valence-corrected chi connectivity index (χ3v) is 4.77. The van der Waals surface area contributed by atoms with Crippen LogP contribution in [0, 0.1) is 5.92 Å². The fraction of sp³-hybridized carbons (Fsp3) is 0.579. The number of rotatable bonds is 2. The molecular weight excluding hydrogens is 476 g/mol. The van der Waals surface area contributed by atoms with E-state index in [0.717, 1.165) is 49.8 Å². The third kappa shape index (κ3) is 9.80. The Balaban J connectivity index is 0.000000343. The van der Waals surface area contributed by atoms with Crippen LogP contribution in [0.2, 0.25) is 0 Å². The first-order valence-electron chi connectivity index (χ1n) is 9.95. The van der Waals surface area contributed by atoms with Crippen molar-refractivity contribution in [3.05, 3.63) is 17.8 Å². The van der Waals surface area contributed by atoms with E-state index in [-0.39, 0.29) is 6.04 Å². The average molecular weight is 501 g/mol. The van der Waals surface area contributed by atoms with Crippen molar-refractivity contribution in [1.82, 2.24) is 9.97 Å². The van der Waals surface area contributed by atoms with E-state index in [1.54, 1.807) is 0 Å². The predicted octanol–water partition coefficient (Wildman–Crippen LogP) is 3.07. The summed E-state index contributed by atoms with van der Waals surface area (Å²) in [5.74, 6) is -3.47. The van der Waals surface area contributed by atoms with Gasteiger partial charge in [-0.1, -0.05) is 13.0 Å². The molecule has 0 amide bonds. The second-order valence-corrected chi connectivity index (χ2v) is 7.68. The van der Waals surface area contributed by atoms with Gasteiger partial charge in [-0.25, -0.2) is 14.6 Å². The summed E-state index contributed by atoms with van der Waals surface area (Å²) in [6, 6.07) is 2.31. The standard InChI is InChI=1S/C15H23N5.2C2HF3O2/c1-10-2-4-11(5-3-10)13-8-14(19-15(17)18-13)20-7-6-12(16)9-20;2*3-2(4,5)1(6)7/h4,8,10,12H,2-3,5-7,9,16H2,1H3,(H2,17,18,19);2*(H,6,7). The van der Waals surface area contributed by atoms with Crippen LogP contribution in [0.1, 0.15) is 38.3 Å². The van der Waals surface area contributed by atoms with Gasteiger partial charge in [0.05, 0.1) is 5.69 Å². The fourth-order valence-electron chi connectivity index (χ4n) is 2.97. The van der Waals surface area contributed by atoms with E-state index in [1.807, 2.05) is 0 Å². The molecule has 9 nitrogen and oxygen atoms in total. The predicted molar refractivity (Wildman–Crippen MR) is 110 cm³/mol. The Morgan fingerprint density at radius 2 is 1.59 bits per heavy atom. The summed E-state index contributed by atoms with van der Waals surface area (Å²) in [6.07, 6.45) is -3.42. The molecule has 15 heteroatoms. The Kier molecular flexibility index (Phi) is 10.1. The van der Waals surface area contributed by atoms with Gasteiger partial charge in [0.2, 0.25) is 5.95 Å². The highest BCUT2D eigenvalue weighted by Crippen LogP contribution is 2.31. The Bertz CT molecular complexity index is 867. The number of allylic oxidation sites excluding steroid dienone is 2. The molecule has 6 N–H and O–H groups in total. The van der Waals surface area contributed by atoms with Gasteiger partial charge in [0, 0.05) is 25.2 Å². The molecule has 2 unspecified atom stereocenters. The number of carbonyl (C=O) groups is 2. The maximum atomic E-state index is 10.6. The monoisotopic (exact) mass is 501 g/mol. The van der Waals surface area contributed by atoms with Crippen LogP contribution in [0.5, 0.6) is 0 Å². The zero-order valence-corrected chi connectivity index (χ0v) is 18.0. The minimum atomic E-state index is -5.08. The van der Waals surface area contributed by atoms with Gasteiger partial charge in [-0.15, -0.1) is 0 Å². The molecule has 1 aliphatic carbocycles. The second kappa shape index (κ2) is 11.9. The molecule has 0 spiro atoms. The van der Waals surface area contributed by atoms with E-state index in [9.17, 15) is 26.3 Å². The summed E-state index contributed by atoms with van der Waals surface area (Å²) in [5.41, 5.74) is 14.2. The number of nitrogens with zero attached hydrogens (tertiary/aromatic N) is 3. The van der Waals surface area contributed by atoms with Crippen LogP contribution >= 0.6 is 0 Å². The first-order valence-corrected chi connectivity index (χ1v) is 9.95. The number of aliphatic carboxylic acids is 2. The minimum absolute atomic E-state index is 0.240. The van der Waals surface area contributed by atoms with Crippen molar-refractivity contribution in [1.29, 1.82) is 0 Å². The molecule has 0 saturated carbocycles. The molecule has 1 fully saturated rings. The summed E-state index contributed by atoms with van der Waals surface area (Å²) in [6.45, 7) is 4.10. The zero-order chi connectivity index (χ0) is 26.3. The van der Waals surface area contributed by atoms with Gasteiger partial charge < -0.3 is 26.6 Å². The molecular formula is C19H25F6N5O4. The van der Waals surface area contributed by atoms with Crippen LogP contribution in [-0.2, 0) is 9.59 Å². The van der Waals surface area contributed by atoms with Crippen LogP contribution < -0.4 is 16.4 Å². The van der Waals surface area contributed by atoms with E-state index in [2.05, 4.69) is 33.9 Å². The molecule has 2 aliphatic rings. The van der Waals surface area contributed by atoms with E-state index < -0.39 is 24.3 Å². The number of halogens is 6. The number of hydrogen-bond acceptors (Lipinski definition) is 7. The van der Waals surface area contributed by atoms with Crippen molar-refractivity contribution in [2.75, 3.05) is 23.7 Å². The van der Waals surface area contributed by atoms with Gasteiger partial charge in [-0.3, -0.25) is 0 Å². The van der Waals surface area contributed by atoms with Crippen molar-refractivity contribution in [3.63, 3.8) is 0 Å². The van der Waals surface area contributed by atoms with Crippen LogP contribution in [-0.4, -0.2) is 63.6 Å². The molecule has 0 radical (unpaired) electrons. The Morgan fingerprint density at radius 3 is 1.97 bits per heavy atom. The molecule has 3 rings (SSSR count). The average Bonchev–Trinajstić information content (AvgIpc) is 3.14. The smallest absolute Gasteiger partial charge is 0.475 e. The number of nitrogen functional groups attached to an aromatic ring is 1. The van der Waals surface area contributed by atoms with E-state index >= 15 is 0 Å². The molecule has 2 heterocycles. The number of nitrogens with two attached hydrogens (primary N) is 2. The number of alkyl halides is 6. The Labute approximate surface area is 190 Å². The lowest BCUT2D eigenvalue weighted by Crippen LogP contribution is -2.27. The SMILES string of the molecule is CC1CC=C(c2cc(N3CCC(N)C3)nc(N)n2)CC1.O=C(O)C(F)(F)F.O=C(O)C(F)(F)F. The Hall–Kier alpha value is -3.10. The molecule has 1 aromatic heterocycles. The number of hydrogen-bond donors (Lipinski definition) is 4. The fourth-order valence-corrected chi connectivity index (χ4v) is 2.97. The molecule has 1 aliphatic heterocycles. The van der Waals surface area contributed by atoms with Gasteiger partial charge in [0.1, 0.15) is 5.82 Å². The lowest BCUT2D eigenvalue weighted by Gasteiger charge is -2.21. The first-order chi connectivity index (χ1) is 15.5. The van der Waals surface area contributed by atoms with Gasteiger partial charge in [0.15, 0.2) is 0 Å². The first kappa shape index (κ1) is 28.9. The van der Waals surface area contributed by atoms with Crippen molar-refractivity contribution >= 4 is 29.3 Å². The van der Waals surface area contributed by atoms with Crippen LogP contribution in [0.4, 0.5) is 38.1 Å². The third-order valence-electron chi connectivity index (χ3n) is 4.77. The van der Waals surface area contributed by atoms with Gasteiger partial charge in [0.25, 0.3) is 0 Å².